The molecular formula is C10H14Na2O8. The van der Waals surface area contributed by atoms with Gasteiger partial charge in [-0.3, -0.25) is 19.2 Å². The fourth-order valence-corrected chi connectivity index (χ4v) is 1.36. The van der Waals surface area contributed by atoms with E-state index in [-0.39, 0.29) is 73.1 Å². The van der Waals surface area contributed by atoms with E-state index < -0.39 is 49.6 Å². The van der Waals surface area contributed by atoms with Gasteiger partial charge in [-0.2, -0.15) is 0 Å². The summed E-state index contributed by atoms with van der Waals surface area (Å²) in [7, 11) is 0. The number of carboxylic acids is 4. The van der Waals surface area contributed by atoms with Crippen molar-refractivity contribution in [3.63, 3.8) is 0 Å². The summed E-state index contributed by atoms with van der Waals surface area (Å²) in [5.74, 6) is -5.39. The van der Waals surface area contributed by atoms with Crippen molar-refractivity contribution < 1.29 is 102 Å². The van der Waals surface area contributed by atoms with Crippen molar-refractivity contribution in [2.24, 2.45) is 0 Å². The average Bonchev–Trinajstić information content (AvgIpc) is 2.12. The van der Waals surface area contributed by atoms with Gasteiger partial charge in [-0.05, 0) is 11.1 Å². The molecule has 0 unspecified atom stereocenters. The van der Waals surface area contributed by atoms with Gasteiger partial charge in [-0.25, -0.2) is 0 Å². The maximum atomic E-state index is 10.5. The van der Waals surface area contributed by atoms with E-state index in [4.69, 9.17) is 20.4 Å². The standard InChI is InChI=1S/C10H12O8.2Na.2H/c11-7(12)1-5(2-8(13)14)6(3-9(15)16)4-10(17)18;;;;/h1-4H2,(H,11,12)(H,13,14)(H,15,16)(H,17,18);;;;/q;2*+1;2*-1. The summed E-state index contributed by atoms with van der Waals surface area (Å²) < 4.78 is 0. The molecule has 0 aliphatic carbocycles. The van der Waals surface area contributed by atoms with E-state index >= 15 is 0 Å². The third kappa shape index (κ3) is 12.6. The molecule has 0 rings (SSSR count). The first-order valence-corrected chi connectivity index (χ1v) is 4.79. The van der Waals surface area contributed by atoms with Crippen molar-refractivity contribution >= 4 is 23.9 Å². The molecule has 0 amide bonds. The zero-order valence-electron chi connectivity index (χ0n) is 13.3. The molecule has 0 aromatic rings. The van der Waals surface area contributed by atoms with E-state index in [1.54, 1.807) is 0 Å². The molecule has 0 saturated heterocycles. The molecule has 0 aromatic carbocycles. The van der Waals surface area contributed by atoms with Crippen LogP contribution in [0.3, 0.4) is 0 Å². The fraction of sp³-hybridized carbons (Fsp3) is 0.400. The average molecular weight is 308 g/mol. The Balaban J connectivity index is -0.000000241. The molecule has 10 heteroatoms. The second kappa shape index (κ2) is 12.4. The fourth-order valence-electron chi connectivity index (χ4n) is 1.36. The summed E-state index contributed by atoms with van der Waals surface area (Å²) in [6, 6.07) is 0. The van der Waals surface area contributed by atoms with E-state index in [2.05, 4.69) is 0 Å². The summed E-state index contributed by atoms with van der Waals surface area (Å²) in [4.78, 5) is 42.2. The normalized spacial score (nSPS) is 8.60. The van der Waals surface area contributed by atoms with Gasteiger partial charge >= 0.3 is 83.0 Å². The predicted molar refractivity (Wildman–Crippen MR) is 58.3 cm³/mol. The molecule has 0 aliphatic rings. The predicted octanol–water partition coefficient (Wildman–Crippen LogP) is -5.59. The Morgan fingerprint density at radius 1 is 0.550 bits per heavy atom. The van der Waals surface area contributed by atoms with Crippen LogP contribution in [0.1, 0.15) is 28.5 Å². The van der Waals surface area contributed by atoms with Gasteiger partial charge in [0.15, 0.2) is 0 Å². The maximum absolute atomic E-state index is 10.5. The smallest absolute Gasteiger partial charge is 1.00 e. The minimum Gasteiger partial charge on any atom is -1.00 e. The zero-order chi connectivity index (χ0) is 14.3. The van der Waals surface area contributed by atoms with Gasteiger partial charge in [0.05, 0.1) is 25.7 Å². The van der Waals surface area contributed by atoms with E-state index in [0.29, 0.717) is 0 Å². The zero-order valence-corrected chi connectivity index (χ0v) is 15.3. The first-order valence-electron chi connectivity index (χ1n) is 4.79. The maximum Gasteiger partial charge on any atom is 1.00 e. The van der Waals surface area contributed by atoms with Crippen molar-refractivity contribution in [1.82, 2.24) is 0 Å². The first-order chi connectivity index (χ1) is 8.22. The number of carboxylic acid groups (broad SMARTS) is 4. The van der Waals surface area contributed by atoms with Gasteiger partial charge in [-0.15, -0.1) is 0 Å². The molecule has 0 bridgehead atoms. The van der Waals surface area contributed by atoms with Crippen LogP contribution in [0.2, 0.25) is 0 Å². The van der Waals surface area contributed by atoms with Gasteiger partial charge in [0.2, 0.25) is 0 Å². The Bertz CT molecular complexity index is 351. The van der Waals surface area contributed by atoms with Crippen LogP contribution >= 0.6 is 0 Å². The molecule has 0 radical (unpaired) electrons. The van der Waals surface area contributed by atoms with Crippen molar-refractivity contribution in [1.29, 1.82) is 0 Å². The van der Waals surface area contributed by atoms with Crippen LogP contribution in [0, 0.1) is 0 Å². The second-order valence-corrected chi connectivity index (χ2v) is 3.49. The molecule has 0 aliphatic heterocycles. The minimum absolute atomic E-state index is 0. The number of carbonyl (C=O) groups is 4. The Kier molecular flexibility index (Phi) is 15.2. The van der Waals surface area contributed by atoms with Crippen molar-refractivity contribution in [2.75, 3.05) is 0 Å². The molecule has 0 heterocycles. The quantitative estimate of drug-likeness (QED) is 0.256. The molecule has 20 heavy (non-hydrogen) atoms. The van der Waals surface area contributed by atoms with Gasteiger partial charge in [-0.1, -0.05) is 0 Å². The van der Waals surface area contributed by atoms with Gasteiger partial charge in [0.25, 0.3) is 0 Å². The van der Waals surface area contributed by atoms with Gasteiger partial charge in [0, 0.05) is 0 Å². The molecular weight excluding hydrogens is 294 g/mol. The monoisotopic (exact) mass is 308 g/mol. The van der Waals surface area contributed by atoms with Gasteiger partial charge < -0.3 is 23.3 Å². The van der Waals surface area contributed by atoms with Crippen LogP contribution < -0.4 is 59.1 Å². The van der Waals surface area contributed by atoms with Crippen molar-refractivity contribution in [3.05, 3.63) is 11.1 Å². The minimum atomic E-state index is -1.35. The molecule has 0 fully saturated rings. The van der Waals surface area contributed by atoms with E-state index in [1.165, 1.54) is 0 Å². The summed E-state index contributed by atoms with van der Waals surface area (Å²) in [5, 5.41) is 34.4. The van der Waals surface area contributed by atoms with Crippen LogP contribution in [0.15, 0.2) is 11.1 Å². The van der Waals surface area contributed by atoms with Crippen molar-refractivity contribution in [2.45, 2.75) is 25.7 Å². The molecule has 0 atom stereocenters. The van der Waals surface area contributed by atoms with E-state index in [1.807, 2.05) is 0 Å². The number of aliphatic carboxylic acids is 4. The second-order valence-electron chi connectivity index (χ2n) is 3.49. The van der Waals surface area contributed by atoms with Crippen LogP contribution in [-0.2, 0) is 19.2 Å². The molecule has 4 N–H and O–H groups in total. The van der Waals surface area contributed by atoms with Crippen LogP contribution in [-0.4, -0.2) is 44.3 Å². The van der Waals surface area contributed by atoms with Crippen LogP contribution in [0.4, 0.5) is 0 Å². The van der Waals surface area contributed by atoms with Gasteiger partial charge in [0.1, 0.15) is 0 Å². The summed E-state index contributed by atoms with van der Waals surface area (Å²) >= 11 is 0. The van der Waals surface area contributed by atoms with Crippen molar-refractivity contribution in [3.8, 4) is 0 Å². The Hall–Kier alpha value is -0.380. The number of hydrogen-bond acceptors (Lipinski definition) is 4. The number of hydrogen-bond donors (Lipinski definition) is 4. The molecule has 0 aromatic heterocycles. The first kappa shape index (κ1) is 24.6. The summed E-state index contributed by atoms with van der Waals surface area (Å²) in [5.41, 5.74) is -0.389. The SMILES string of the molecule is O=C(O)CC(CC(=O)O)=C(CC(=O)O)CC(=O)O.[H-].[H-].[Na+].[Na+]. The topological polar surface area (TPSA) is 149 Å². The Labute approximate surface area is 161 Å². The summed E-state index contributed by atoms with van der Waals surface area (Å²) in [6.07, 6.45) is -2.77. The molecule has 8 nitrogen and oxygen atoms in total. The summed E-state index contributed by atoms with van der Waals surface area (Å²) in [6.45, 7) is 0. The van der Waals surface area contributed by atoms with Crippen LogP contribution in [0.5, 0.6) is 0 Å². The Morgan fingerprint density at radius 3 is 0.800 bits per heavy atom. The third-order valence-corrected chi connectivity index (χ3v) is 1.96. The van der Waals surface area contributed by atoms with E-state index in [0.717, 1.165) is 0 Å². The largest absolute Gasteiger partial charge is 1.00 e. The molecule has 0 spiro atoms. The Morgan fingerprint density at radius 2 is 0.700 bits per heavy atom. The molecule has 104 valence electrons. The third-order valence-electron chi connectivity index (χ3n) is 1.96. The molecule has 0 saturated carbocycles. The van der Waals surface area contributed by atoms with Crippen LogP contribution in [0.25, 0.3) is 0 Å². The number of rotatable bonds is 8. The van der Waals surface area contributed by atoms with E-state index in [9.17, 15) is 19.2 Å².